The normalized spacial score (nSPS) is 18.8. The topological polar surface area (TPSA) is 77.7 Å². The second-order valence-electron chi connectivity index (χ2n) is 7.36. The molecule has 1 aliphatic heterocycles. The van der Waals surface area contributed by atoms with Crippen molar-refractivity contribution in [1.29, 1.82) is 0 Å². The average molecular weight is 385 g/mol. The smallest absolute Gasteiger partial charge is 0.191 e. The summed E-state index contributed by atoms with van der Waals surface area (Å²) < 4.78 is 1.84. The Morgan fingerprint density at radius 2 is 2.18 bits per heavy atom. The van der Waals surface area contributed by atoms with Crippen LogP contribution in [0, 0.1) is 0 Å². The van der Waals surface area contributed by atoms with Gasteiger partial charge in [-0.3, -0.25) is 9.67 Å². The van der Waals surface area contributed by atoms with Gasteiger partial charge in [0.1, 0.15) is 0 Å². The third-order valence-electron chi connectivity index (χ3n) is 4.94. The zero-order valence-electron chi connectivity index (χ0n) is 16.9. The Morgan fingerprint density at radius 1 is 1.36 bits per heavy atom. The van der Waals surface area contributed by atoms with Gasteiger partial charge in [-0.05, 0) is 25.3 Å². The highest BCUT2D eigenvalue weighted by molar-refractivity contribution is 5.80. The fraction of sp³-hybridized carbons (Fsp3) is 0.524. The van der Waals surface area contributed by atoms with Crippen LogP contribution >= 0.6 is 0 Å². The zero-order chi connectivity index (χ0) is 19.8. The Balaban J connectivity index is 1.54. The highest BCUT2D eigenvalue weighted by atomic mass is 16.3. The van der Waals surface area contributed by atoms with Crippen molar-refractivity contribution in [1.82, 2.24) is 20.4 Å². The number of hydrogen-bond acceptors (Lipinski definition) is 4. The van der Waals surface area contributed by atoms with Crippen LogP contribution in [0.2, 0.25) is 0 Å². The zero-order valence-corrected chi connectivity index (χ0v) is 16.9. The lowest BCUT2D eigenvalue weighted by Crippen LogP contribution is -2.51. The number of aliphatic imine (C=N–C) groups is 1. The number of anilines is 1. The van der Waals surface area contributed by atoms with Crippen LogP contribution in [0.15, 0.2) is 47.7 Å². The van der Waals surface area contributed by atoms with Crippen molar-refractivity contribution in [3.8, 4) is 0 Å². The van der Waals surface area contributed by atoms with Gasteiger partial charge < -0.3 is 20.6 Å². The van der Waals surface area contributed by atoms with E-state index < -0.39 is 6.10 Å². The number of aromatic nitrogens is 2. The number of nitrogens with zero attached hydrogens (tertiary/aromatic N) is 4. The predicted octanol–water partition coefficient (Wildman–Crippen LogP) is 1.55. The fourth-order valence-corrected chi connectivity index (χ4v) is 3.56. The molecule has 2 aromatic rings. The lowest BCUT2D eigenvalue weighted by atomic mass is 10.1. The summed E-state index contributed by atoms with van der Waals surface area (Å²) >= 11 is 0. The van der Waals surface area contributed by atoms with Crippen LogP contribution in [-0.4, -0.2) is 59.2 Å². The molecular formula is C21H32N6O. The first-order chi connectivity index (χ1) is 13.6. The highest BCUT2D eigenvalue weighted by Gasteiger charge is 2.21. The molecule has 0 bridgehead atoms. The summed E-state index contributed by atoms with van der Waals surface area (Å²) in [4.78, 5) is 6.98. The van der Waals surface area contributed by atoms with Crippen molar-refractivity contribution < 1.29 is 5.11 Å². The van der Waals surface area contributed by atoms with E-state index in [0.29, 0.717) is 19.0 Å². The van der Waals surface area contributed by atoms with Gasteiger partial charge in [0.2, 0.25) is 0 Å². The quantitative estimate of drug-likeness (QED) is 0.499. The van der Waals surface area contributed by atoms with Gasteiger partial charge in [0.15, 0.2) is 5.96 Å². The molecule has 7 nitrogen and oxygen atoms in total. The largest absolute Gasteiger partial charge is 0.391 e. The number of aliphatic hydroxyl groups excluding tert-OH is 1. The van der Waals surface area contributed by atoms with Gasteiger partial charge in [-0.1, -0.05) is 30.3 Å². The second-order valence-corrected chi connectivity index (χ2v) is 7.36. The SMILES string of the molecule is CCNC(=NCC(O)Cc1ccccc1)NC1CCCN(c2cnn(C)c2)C1. The van der Waals surface area contributed by atoms with Gasteiger partial charge in [0.25, 0.3) is 0 Å². The third-order valence-corrected chi connectivity index (χ3v) is 4.94. The molecule has 0 aliphatic carbocycles. The summed E-state index contributed by atoms with van der Waals surface area (Å²) in [6.07, 6.45) is 6.33. The molecular weight excluding hydrogens is 352 g/mol. The molecule has 0 spiro atoms. The van der Waals surface area contributed by atoms with E-state index in [1.54, 1.807) is 0 Å². The van der Waals surface area contributed by atoms with Gasteiger partial charge in [0.05, 0.1) is 24.5 Å². The van der Waals surface area contributed by atoms with Gasteiger partial charge >= 0.3 is 0 Å². The maximum Gasteiger partial charge on any atom is 0.191 e. The first kappa shape index (κ1) is 20.2. The van der Waals surface area contributed by atoms with E-state index in [2.05, 4.69) is 38.7 Å². The maximum atomic E-state index is 10.3. The van der Waals surface area contributed by atoms with Gasteiger partial charge in [-0.25, -0.2) is 0 Å². The summed E-state index contributed by atoms with van der Waals surface area (Å²) in [6, 6.07) is 10.4. The lowest BCUT2D eigenvalue weighted by Gasteiger charge is -2.34. The molecule has 1 aromatic carbocycles. The molecule has 2 unspecified atom stereocenters. The van der Waals surface area contributed by atoms with Crippen molar-refractivity contribution in [2.75, 3.05) is 31.1 Å². The number of aliphatic hydroxyl groups is 1. The molecule has 0 amide bonds. The fourth-order valence-electron chi connectivity index (χ4n) is 3.56. The third kappa shape index (κ3) is 5.99. The van der Waals surface area contributed by atoms with E-state index in [0.717, 1.165) is 49.7 Å². The minimum Gasteiger partial charge on any atom is -0.391 e. The van der Waals surface area contributed by atoms with Crippen LogP contribution in [0.25, 0.3) is 0 Å². The van der Waals surface area contributed by atoms with Crippen LogP contribution in [0.3, 0.4) is 0 Å². The van der Waals surface area contributed by atoms with Gasteiger partial charge in [0, 0.05) is 45.3 Å². The monoisotopic (exact) mass is 384 g/mol. The summed E-state index contributed by atoms with van der Waals surface area (Å²) in [5.41, 5.74) is 2.29. The van der Waals surface area contributed by atoms with E-state index in [-0.39, 0.29) is 0 Å². The van der Waals surface area contributed by atoms with E-state index >= 15 is 0 Å². The Bertz CT molecular complexity index is 744. The van der Waals surface area contributed by atoms with Gasteiger partial charge in [-0.2, -0.15) is 5.10 Å². The van der Waals surface area contributed by atoms with E-state index in [1.807, 2.05) is 48.3 Å². The Morgan fingerprint density at radius 3 is 2.89 bits per heavy atom. The molecule has 2 atom stereocenters. The lowest BCUT2D eigenvalue weighted by molar-refractivity contribution is 0.183. The molecule has 0 radical (unpaired) electrons. The summed E-state index contributed by atoms with van der Waals surface area (Å²) in [6.45, 7) is 5.19. The predicted molar refractivity (Wildman–Crippen MR) is 114 cm³/mol. The number of hydrogen-bond donors (Lipinski definition) is 3. The van der Waals surface area contributed by atoms with Crippen molar-refractivity contribution >= 4 is 11.6 Å². The van der Waals surface area contributed by atoms with Gasteiger partial charge in [-0.15, -0.1) is 0 Å². The van der Waals surface area contributed by atoms with Crippen LogP contribution in [-0.2, 0) is 13.5 Å². The van der Waals surface area contributed by atoms with E-state index in [4.69, 9.17) is 0 Å². The highest BCUT2D eigenvalue weighted by Crippen LogP contribution is 2.18. The van der Waals surface area contributed by atoms with Crippen molar-refractivity contribution in [3.05, 3.63) is 48.3 Å². The summed E-state index contributed by atoms with van der Waals surface area (Å²) in [7, 11) is 1.94. The van der Waals surface area contributed by atoms with Crippen LogP contribution in [0.1, 0.15) is 25.3 Å². The number of aryl methyl sites for hydroxylation is 1. The second kappa shape index (κ2) is 10.1. The molecule has 1 aliphatic rings. The number of piperidine rings is 1. The molecule has 3 N–H and O–H groups in total. The molecule has 1 fully saturated rings. The van der Waals surface area contributed by atoms with Crippen LogP contribution in [0.5, 0.6) is 0 Å². The molecule has 152 valence electrons. The van der Waals surface area contributed by atoms with Crippen LogP contribution < -0.4 is 15.5 Å². The molecule has 7 heteroatoms. The summed E-state index contributed by atoms with van der Waals surface area (Å²) in [5, 5.41) is 21.5. The molecule has 28 heavy (non-hydrogen) atoms. The molecule has 2 heterocycles. The number of rotatable bonds is 7. The number of nitrogens with one attached hydrogen (secondary N) is 2. The first-order valence-electron chi connectivity index (χ1n) is 10.1. The molecule has 1 saturated heterocycles. The van der Waals surface area contributed by atoms with Crippen molar-refractivity contribution in [3.63, 3.8) is 0 Å². The number of guanidine groups is 1. The van der Waals surface area contributed by atoms with E-state index in [1.165, 1.54) is 0 Å². The molecule has 0 saturated carbocycles. The average Bonchev–Trinajstić information content (AvgIpc) is 3.14. The Kier molecular flexibility index (Phi) is 7.31. The van der Waals surface area contributed by atoms with Crippen LogP contribution in [0.4, 0.5) is 5.69 Å². The Hall–Kier alpha value is -2.54. The summed E-state index contributed by atoms with van der Waals surface area (Å²) in [5.74, 6) is 0.771. The Labute approximate surface area is 167 Å². The van der Waals surface area contributed by atoms with Crippen molar-refractivity contribution in [2.24, 2.45) is 12.0 Å². The van der Waals surface area contributed by atoms with E-state index in [9.17, 15) is 5.11 Å². The minimum atomic E-state index is -0.490. The number of benzene rings is 1. The minimum absolute atomic E-state index is 0.318. The molecule has 1 aromatic heterocycles. The maximum absolute atomic E-state index is 10.3. The first-order valence-corrected chi connectivity index (χ1v) is 10.1. The molecule has 3 rings (SSSR count). The standard InChI is InChI=1S/C21H32N6O/c1-3-22-21(23-14-20(28)12-17-8-5-4-6-9-17)25-18-10-7-11-27(15-18)19-13-24-26(2)16-19/h4-6,8-9,13,16,18,20,28H,3,7,10-12,14-15H2,1-2H3,(H2,22,23,25). The van der Waals surface area contributed by atoms with Crippen molar-refractivity contribution in [2.45, 2.75) is 38.3 Å².